The highest BCUT2D eigenvalue weighted by atomic mass is 35.5. The Morgan fingerprint density at radius 2 is 1.88 bits per heavy atom. The number of hydrogen-bond donors (Lipinski definition) is 1. The molecule has 1 aromatic heterocycles. The van der Waals surface area contributed by atoms with Crippen molar-refractivity contribution >= 4 is 46.3 Å². The van der Waals surface area contributed by atoms with Crippen LogP contribution in [-0.2, 0) is 6.61 Å². The van der Waals surface area contributed by atoms with Gasteiger partial charge in [0.15, 0.2) is 17.3 Å². The lowest BCUT2D eigenvalue weighted by Crippen LogP contribution is -2.16. The van der Waals surface area contributed by atoms with Crippen molar-refractivity contribution in [2.24, 2.45) is 5.10 Å². The molecule has 0 bridgehead atoms. The van der Waals surface area contributed by atoms with E-state index in [-0.39, 0.29) is 12.4 Å². The van der Waals surface area contributed by atoms with E-state index < -0.39 is 5.91 Å². The van der Waals surface area contributed by atoms with Gasteiger partial charge in [-0.1, -0.05) is 47.5 Å². The first-order valence-electron chi connectivity index (χ1n) is 10.2. The first kappa shape index (κ1) is 22.7. The van der Waals surface area contributed by atoms with E-state index in [4.69, 9.17) is 37.1 Å². The highest BCUT2D eigenvalue weighted by molar-refractivity contribution is 6.35. The van der Waals surface area contributed by atoms with Gasteiger partial charge in [0, 0.05) is 21.0 Å². The van der Waals surface area contributed by atoms with Crippen molar-refractivity contribution in [3.63, 3.8) is 0 Å². The van der Waals surface area contributed by atoms with Crippen molar-refractivity contribution in [2.45, 2.75) is 13.5 Å². The Labute approximate surface area is 200 Å². The highest BCUT2D eigenvalue weighted by Crippen LogP contribution is 2.30. The molecule has 1 amide bonds. The number of hydrazone groups is 1. The second-order valence-electron chi connectivity index (χ2n) is 7.01. The van der Waals surface area contributed by atoms with Crippen molar-refractivity contribution in [3.8, 4) is 11.5 Å². The lowest BCUT2D eigenvalue weighted by atomic mass is 10.2. The first-order chi connectivity index (χ1) is 16.0. The Kier molecular flexibility index (Phi) is 7.17. The van der Waals surface area contributed by atoms with Crippen LogP contribution in [0.1, 0.15) is 28.6 Å². The largest absolute Gasteiger partial charge is 0.490 e. The number of ether oxygens (including phenoxy) is 2. The molecule has 168 valence electrons. The van der Waals surface area contributed by atoms with Gasteiger partial charge in [0.1, 0.15) is 12.2 Å². The molecule has 0 saturated heterocycles. The second kappa shape index (κ2) is 10.4. The van der Waals surface area contributed by atoms with E-state index >= 15 is 0 Å². The van der Waals surface area contributed by atoms with Crippen LogP contribution in [0.25, 0.3) is 11.0 Å². The number of hydrogen-bond acceptors (Lipinski definition) is 5. The minimum atomic E-state index is -0.438. The lowest BCUT2D eigenvalue weighted by Gasteiger charge is -2.13. The van der Waals surface area contributed by atoms with E-state index in [1.807, 2.05) is 31.2 Å². The van der Waals surface area contributed by atoms with Crippen LogP contribution >= 0.6 is 23.2 Å². The molecule has 0 saturated carbocycles. The van der Waals surface area contributed by atoms with Gasteiger partial charge >= 0.3 is 5.91 Å². The minimum absolute atomic E-state index is 0.188. The lowest BCUT2D eigenvalue weighted by molar-refractivity contribution is 0.0929. The predicted molar refractivity (Wildman–Crippen MR) is 130 cm³/mol. The second-order valence-corrected chi connectivity index (χ2v) is 7.85. The minimum Gasteiger partial charge on any atom is -0.490 e. The number of nitrogens with zero attached hydrogens (tertiary/aromatic N) is 1. The van der Waals surface area contributed by atoms with E-state index in [0.717, 1.165) is 16.5 Å². The van der Waals surface area contributed by atoms with E-state index in [2.05, 4.69) is 10.5 Å². The summed E-state index contributed by atoms with van der Waals surface area (Å²) in [6.45, 7) is 2.60. The molecule has 33 heavy (non-hydrogen) atoms. The molecule has 3 aromatic carbocycles. The maximum atomic E-state index is 12.3. The van der Waals surface area contributed by atoms with Crippen molar-refractivity contribution in [1.29, 1.82) is 0 Å². The Bertz CT molecular complexity index is 1280. The molecule has 0 spiro atoms. The summed E-state index contributed by atoms with van der Waals surface area (Å²) in [7, 11) is 0. The van der Waals surface area contributed by atoms with E-state index in [0.29, 0.717) is 33.7 Å². The zero-order valence-corrected chi connectivity index (χ0v) is 19.2. The van der Waals surface area contributed by atoms with Crippen LogP contribution in [-0.4, -0.2) is 18.7 Å². The third-order valence-corrected chi connectivity index (χ3v) is 5.28. The van der Waals surface area contributed by atoms with Crippen molar-refractivity contribution in [3.05, 3.63) is 93.7 Å². The molecule has 6 nitrogen and oxygen atoms in total. The van der Waals surface area contributed by atoms with Crippen LogP contribution in [0, 0.1) is 0 Å². The van der Waals surface area contributed by atoms with Gasteiger partial charge in [-0.2, -0.15) is 5.10 Å². The zero-order chi connectivity index (χ0) is 23.2. The molecule has 1 N–H and O–H groups in total. The van der Waals surface area contributed by atoms with Crippen LogP contribution in [0.2, 0.25) is 10.0 Å². The molecular weight excluding hydrogens is 463 g/mol. The predicted octanol–water partition coefficient (Wildman–Crippen LogP) is 6.48. The number of para-hydroxylation sites is 1. The Hall–Kier alpha value is -3.48. The summed E-state index contributed by atoms with van der Waals surface area (Å²) < 4.78 is 17.1. The van der Waals surface area contributed by atoms with Crippen LogP contribution in [0.15, 0.2) is 76.2 Å². The number of carbonyl (C=O) groups is 1. The van der Waals surface area contributed by atoms with Gasteiger partial charge in [-0.05, 0) is 55.0 Å². The third kappa shape index (κ3) is 5.66. The average Bonchev–Trinajstić information content (AvgIpc) is 3.24. The monoisotopic (exact) mass is 482 g/mol. The number of amides is 1. The molecule has 0 aliphatic carbocycles. The average molecular weight is 483 g/mol. The number of rotatable bonds is 8. The summed E-state index contributed by atoms with van der Waals surface area (Å²) in [6, 6.07) is 19.7. The molecule has 0 aliphatic heterocycles. The van der Waals surface area contributed by atoms with Crippen molar-refractivity contribution in [2.75, 3.05) is 6.61 Å². The molecule has 8 heteroatoms. The van der Waals surface area contributed by atoms with E-state index in [9.17, 15) is 4.79 Å². The third-order valence-electron chi connectivity index (χ3n) is 4.69. The molecule has 0 radical (unpaired) electrons. The van der Waals surface area contributed by atoms with Gasteiger partial charge < -0.3 is 13.9 Å². The number of furan rings is 1. The van der Waals surface area contributed by atoms with E-state index in [1.165, 1.54) is 6.21 Å². The van der Waals surface area contributed by atoms with Crippen LogP contribution < -0.4 is 14.9 Å². The first-order valence-corrected chi connectivity index (χ1v) is 10.9. The van der Waals surface area contributed by atoms with Gasteiger partial charge in [0.05, 0.1) is 12.8 Å². The molecule has 0 atom stereocenters. The molecule has 4 aromatic rings. The molecule has 4 rings (SSSR count). The summed E-state index contributed by atoms with van der Waals surface area (Å²) in [4.78, 5) is 12.3. The summed E-state index contributed by atoms with van der Waals surface area (Å²) >= 11 is 12.2. The maximum absolute atomic E-state index is 12.3. The van der Waals surface area contributed by atoms with Gasteiger partial charge in [-0.25, -0.2) is 5.43 Å². The van der Waals surface area contributed by atoms with Crippen LogP contribution in [0.4, 0.5) is 0 Å². The summed E-state index contributed by atoms with van der Waals surface area (Å²) in [5, 5.41) is 5.97. The quantitative estimate of drug-likeness (QED) is 0.230. The van der Waals surface area contributed by atoms with Gasteiger partial charge in [-0.3, -0.25) is 4.79 Å². The van der Waals surface area contributed by atoms with Crippen molar-refractivity contribution in [1.82, 2.24) is 5.43 Å². The number of nitrogens with one attached hydrogen (secondary N) is 1. The molecule has 0 aliphatic rings. The number of halogens is 2. The number of carbonyl (C=O) groups excluding carboxylic acids is 1. The summed E-state index contributed by atoms with van der Waals surface area (Å²) in [5.41, 5.74) is 4.64. The fraction of sp³-hybridized carbons (Fsp3) is 0.120. The normalized spacial score (nSPS) is 11.1. The maximum Gasteiger partial charge on any atom is 0.307 e. The zero-order valence-electron chi connectivity index (χ0n) is 17.7. The molecule has 1 heterocycles. The van der Waals surface area contributed by atoms with E-state index in [1.54, 1.807) is 42.5 Å². The number of benzene rings is 3. The number of fused-ring (bicyclic) bond motifs is 1. The van der Waals surface area contributed by atoms with Gasteiger partial charge in [0.25, 0.3) is 0 Å². The van der Waals surface area contributed by atoms with Crippen LogP contribution in [0.3, 0.4) is 0 Å². The fourth-order valence-electron chi connectivity index (χ4n) is 3.10. The molecular formula is C25H20Cl2N2O4. The highest BCUT2D eigenvalue weighted by Gasteiger charge is 2.11. The Morgan fingerprint density at radius 1 is 1.03 bits per heavy atom. The molecule has 0 fully saturated rings. The SMILES string of the molecule is CCOc1cc(/C=N/NC(=O)c2cc3ccccc3o2)ccc1OCc1ccc(Cl)cc1Cl. The summed E-state index contributed by atoms with van der Waals surface area (Å²) in [5.74, 6) is 0.863. The smallest absolute Gasteiger partial charge is 0.307 e. The molecule has 0 unspecified atom stereocenters. The van der Waals surface area contributed by atoms with Crippen molar-refractivity contribution < 1.29 is 18.7 Å². The van der Waals surface area contributed by atoms with Gasteiger partial charge in [0.2, 0.25) is 0 Å². The summed E-state index contributed by atoms with van der Waals surface area (Å²) in [6.07, 6.45) is 1.52. The van der Waals surface area contributed by atoms with Gasteiger partial charge in [-0.15, -0.1) is 0 Å². The Balaban J connectivity index is 1.42. The fourth-order valence-corrected chi connectivity index (χ4v) is 3.56. The Morgan fingerprint density at radius 3 is 2.67 bits per heavy atom. The standard InChI is InChI=1S/C25H20Cl2N2O4/c1-2-31-23-11-16(7-10-22(23)32-15-18-8-9-19(26)13-20(18)27)14-28-29-25(30)24-12-17-5-3-4-6-21(17)33-24/h3-14H,2,15H2,1H3,(H,29,30)/b28-14+. The topological polar surface area (TPSA) is 73.1 Å². The van der Waals surface area contributed by atoms with Crippen LogP contribution in [0.5, 0.6) is 11.5 Å².